The Balaban J connectivity index is 2.18. The van der Waals surface area contributed by atoms with Crippen LogP contribution in [0.15, 0.2) is 48.5 Å². The number of carbonyl (C=O) groups is 1. The van der Waals surface area contributed by atoms with Crippen molar-refractivity contribution in [2.24, 2.45) is 0 Å². The van der Waals surface area contributed by atoms with Crippen LogP contribution in [0.3, 0.4) is 0 Å². The molecule has 2 rings (SSSR count). The molecule has 0 bridgehead atoms. The lowest BCUT2D eigenvalue weighted by Crippen LogP contribution is -2.10. The van der Waals surface area contributed by atoms with Gasteiger partial charge in [-0.2, -0.15) is 0 Å². The van der Waals surface area contributed by atoms with Crippen LogP contribution in [-0.4, -0.2) is 10.8 Å². The van der Waals surface area contributed by atoms with E-state index in [0.29, 0.717) is 5.56 Å². The van der Waals surface area contributed by atoms with Crippen LogP contribution in [0, 0.1) is 24.0 Å². The number of aryl methyl sites for hydroxylation is 2. The van der Waals surface area contributed by atoms with E-state index < -0.39 is 4.92 Å². The van der Waals surface area contributed by atoms with E-state index in [0.717, 1.165) is 16.8 Å². The Morgan fingerprint density at radius 3 is 2.36 bits per heavy atom. The number of amides is 1. The van der Waals surface area contributed by atoms with Gasteiger partial charge in [-0.25, -0.2) is 0 Å². The minimum atomic E-state index is -0.469. The molecule has 1 N–H and O–H groups in total. The molecule has 0 aliphatic carbocycles. The maximum Gasteiger partial charge on any atom is 0.276 e. The van der Waals surface area contributed by atoms with E-state index in [1.54, 1.807) is 18.2 Å². The first-order chi connectivity index (χ1) is 10.5. The first-order valence-corrected chi connectivity index (χ1v) is 6.77. The second-order valence-corrected chi connectivity index (χ2v) is 4.91. The van der Waals surface area contributed by atoms with E-state index in [2.05, 4.69) is 5.32 Å². The van der Waals surface area contributed by atoms with E-state index >= 15 is 0 Å². The molecule has 0 aromatic heterocycles. The first kappa shape index (κ1) is 15.4. The van der Waals surface area contributed by atoms with Gasteiger partial charge in [0.1, 0.15) is 0 Å². The quantitative estimate of drug-likeness (QED) is 0.529. The van der Waals surface area contributed by atoms with Crippen molar-refractivity contribution in [3.63, 3.8) is 0 Å². The van der Waals surface area contributed by atoms with Crippen molar-refractivity contribution >= 4 is 23.4 Å². The number of nitrogens with zero attached hydrogens (tertiary/aromatic N) is 1. The number of benzene rings is 2. The van der Waals surface area contributed by atoms with E-state index in [4.69, 9.17) is 0 Å². The minimum Gasteiger partial charge on any atom is -0.322 e. The molecule has 5 heteroatoms. The molecule has 0 aliphatic rings. The zero-order valence-electron chi connectivity index (χ0n) is 12.4. The molecule has 0 atom stereocenters. The van der Waals surface area contributed by atoms with Crippen LogP contribution in [0.4, 0.5) is 11.4 Å². The molecule has 22 heavy (non-hydrogen) atoms. The van der Waals surface area contributed by atoms with Gasteiger partial charge in [0.25, 0.3) is 5.69 Å². The highest BCUT2D eigenvalue weighted by Gasteiger charge is 2.10. The number of anilines is 1. The fourth-order valence-corrected chi connectivity index (χ4v) is 2.14. The van der Waals surface area contributed by atoms with Gasteiger partial charge in [-0.1, -0.05) is 30.3 Å². The summed E-state index contributed by atoms with van der Waals surface area (Å²) < 4.78 is 0. The van der Waals surface area contributed by atoms with Crippen molar-refractivity contribution in [3.8, 4) is 0 Å². The first-order valence-electron chi connectivity index (χ1n) is 6.77. The van der Waals surface area contributed by atoms with Crippen LogP contribution in [0.25, 0.3) is 6.08 Å². The van der Waals surface area contributed by atoms with Crippen molar-refractivity contribution < 1.29 is 9.72 Å². The molecule has 0 aliphatic heterocycles. The lowest BCUT2D eigenvalue weighted by atomic mass is 10.1. The Morgan fingerprint density at radius 2 is 1.73 bits per heavy atom. The average Bonchev–Trinajstić information content (AvgIpc) is 2.49. The highest BCUT2D eigenvalue weighted by Crippen LogP contribution is 2.21. The molecule has 0 spiro atoms. The number of nitro benzene ring substituents is 1. The zero-order valence-corrected chi connectivity index (χ0v) is 12.4. The molecule has 112 valence electrons. The number of carbonyl (C=O) groups excluding carboxylic acids is 1. The summed E-state index contributed by atoms with van der Waals surface area (Å²) in [6.45, 7) is 3.82. The van der Waals surface area contributed by atoms with Crippen molar-refractivity contribution in [2.45, 2.75) is 13.8 Å². The summed E-state index contributed by atoms with van der Waals surface area (Å²) in [6.07, 6.45) is 2.75. The molecule has 2 aromatic rings. The van der Waals surface area contributed by atoms with Crippen molar-refractivity contribution in [2.75, 3.05) is 5.32 Å². The molecule has 0 saturated carbocycles. The molecule has 2 aromatic carbocycles. The highest BCUT2D eigenvalue weighted by atomic mass is 16.6. The molecule has 0 unspecified atom stereocenters. The Morgan fingerprint density at radius 1 is 1.09 bits per heavy atom. The summed E-state index contributed by atoms with van der Waals surface area (Å²) in [6, 6.07) is 12.0. The normalized spacial score (nSPS) is 10.6. The van der Waals surface area contributed by atoms with Gasteiger partial charge in [0.15, 0.2) is 0 Å². The van der Waals surface area contributed by atoms with Crippen LogP contribution in [0.2, 0.25) is 0 Å². The van der Waals surface area contributed by atoms with Gasteiger partial charge in [-0.15, -0.1) is 0 Å². The average molecular weight is 296 g/mol. The van der Waals surface area contributed by atoms with E-state index in [1.807, 2.05) is 32.0 Å². The number of rotatable bonds is 4. The molecule has 0 fully saturated rings. The molecule has 1 amide bonds. The Bertz CT molecular complexity index is 731. The van der Waals surface area contributed by atoms with Crippen molar-refractivity contribution in [1.82, 2.24) is 0 Å². The number of para-hydroxylation sites is 2. The van der Waals surface area contributed by atoms with Crippen LogP contribution in [-0.2, 0) is 4.79 Å². The van der Waals surface area contributed by atoms with Crippen LogP contribution >= 0.6 is 0 Å². The highest BCUT2D eigenvalue weighted by molar-refractivity contribution is 6.03. The van der Waals surface area contributed by atoms with Gasteiger partial charge in [0, 0.05) is 17.8 Å². The van der Waals surface area contributed by atoms with Crippen LogP contribution in [0.5, 0.6) is 0 Å². The van der Waals surface area contributed by atoms with E-state index in [-0.39, 0.29) is 11.6 Å². The van der Waals surface area contributed by atoms with Gasteiger partial charge in [0.05, 0.1) is 10.5 Å². The van der Waals surface area contributed by atoms with Gasteiger partial charge >= 0.3 is 0 Å². The maximum absolute atomic E-state index is 12.0. The van der Waals surface area contributed by atoms with E-state index in [9.17, 15) is 14.9 Å². The molecule has 0 heterocycles. The summed E-state index contributed by atoms with van der Waals surface area (Å²) in [5.41, 5.74) is 3.06. The SMILES string of the molecule is Cc1cccc(C)c1NC(=O)C=Cc1ccccc1[N+](=O)[O-]. The fraction of sp³-hybridized carbons (Fsp3) is 0.118. The van der Waals surface area contributed by atoms with Crippen LogP contribution in [0.1, 0.15) is 16.7 Å². The monoisotopic (exact) mass is 296 g/mol. The summed E-state index contributed by atoms with van der Waals surface area (Å²) in [7, 11) is 0. The number of hydrogen-bond donors (Lipinski definition) is 1. The molecule has 0 radical (unpaired) electrons. The standard InChI is InChI=1S/C17H16N2O3/c1-12-6-5-7-13(2)17(12)18-16(20)11-10-14-8-3-4-9-15(14)19(21)22/h3-11H,1-2H3,(H,18,20). The number of nitro groups is 1. The third-order valence-corrected chi connectivity index (χ3v) is 3.28. The second kappa shape index (κ2) is 6.67. The predicted octanol–water partition coefficient (Wildman–Crippen LogP) is 3.86. The number of nitrogens with one attached hydrogen (secondary N) is 1. The van der Waals surface area contributed by atoms with E-state index in [1.165, 1.54) is 18.2 Å². The maximum atomic E-state index is 12.0. The molecule has 5 nitrogen and oxygen atoms in total. The topological polar surface area (TPSA) is 72.2 Å². The lowest BCUT2D eigenvalue weighted by molar-refractivity contribution is -0.385. The summed E-state index contributed by atoms with van der Waals surface area (Å²) in [5.74, 6) is -0.324. The van der Waals surface area contributed by atoms with Gasteiger partial charge < -0.3 is 5.32 Å². The van der Waals surface area contributed by atoms with Crippen molar-refractivity contribution in [3.05, 3.63) is 75.3 Å². The van der Waals surface area contributed by atoms with Crippen LogP contribution < -0.4 is 5.32 Å². The van der Waals surface area contributed by atoms with Gasteiger partial charge in [0.2, 0.25) is 5.91 Å². The Hall–Kier alpha value is -2.95. The number of hydrogen-bond acceptors (Lipinski definition) is 3. The zero-order chi connectivity index (χ0) is 16.1. The summed E-state index contributed by atoms with van der Waals surface area (Å²) in [5, 5.41) is 13.7. The fourth-order valence-electron chi connectivity index (χ4n) is 2.14. The molecule has 0 saturated heterocycles. The lowest BCUT2D eigenvalue weighted by Gasteiger charge is -2.09. The molecular formula is C17H16N2O3. The Kier molecular flexibility index (Phi) is 4.68. The third kappa shape index (κ3) is 3.58. The smallest absolute Gasteiger partial charge is 0.276 e. The molecular weight excluding hydrogens is 280 g/mol. The van der Waals surface area contributed by atoms with Crippen molar-refractivity contribution in [1.29, 1.82) is 0 Å². The van der Waals surface area contributed by atoms with Gasteiger partial charge in [-0.05, 0) is 37.1 Å². The largest absolute Gasteiger partial charge is 0.322 e. The van der Waals surface area contributed by atoms with Gasteiger partial charge in [-0.3, -0.25) is 14.9 Å². The summed E-state index contributed by atoms with van der Waals surface area (Å²) >= 11 is 0. The Labute approximate surface area is 128 Å². The minimum absolute atomic E-state index is 0.0291. The second-order valence-electron chi connectivity index (χ2n) is 4.91. The summed E-state index contributed by atoms with van der Waals surface area (Å²) in [4.78, 5) is 22.5. The third-order valence-electron chi connectivity index (χ3n) is 3.28. The predicted molar refractivity (Wildman–Crippen MR) is 86.7 cm³/mol.